The molecule has 0 aliphatic rings. The van der Waals surface area contributed by atoms with Crippen LogP contribution in [-0.4, -0.2) is 36.4 Å². The minimum Gasteiger partial charge on any atom is -0.329 e. The molecule has 1 aromatic carbocycles. The molecule has 6 nitrogen and oxygen atoms in total. The minimum absolute atomic E-state index is 0.00566. The predicted octanol–water partition coefficient (Wildman–Crippen LogP) is 3.45. The Balaban J connectivity index is 1.94. The Hall–Kier alpha value is -2.47. The van der Waals surface area contributed by atoms with Gasteiger partial charge in [0.1, 0.15) is 0 Å². The van der Waals surface area contributed by atoms with E-state index in [2.05, 4.69) is 15.1 Å². The number of amides is 1. The van der Waals surface area contributed by atoms with Crippen LogP contribution in [0.2, 0.25) is 5.02 Å². The first kappa shape index (κ1) is 17.4. The zero-order valence-corrected chi connectivity index (χ0v) is 15.4. The van der Waals surface area contributed by atoms with Gasteiger partial charge in [-0.15, -0.1) is 5.10 Å². The summed E-state index contributed by atoms with van der Waals surface area (Å²) in [6, 6.07) is 9.39. The van der Waals surface area contributed by atoms with E-state index in [1.807, 2.05) is 58.0 Å². The summed E-state index contributed by atoms with van der Waals surface area (Å²) in [4.78, 5) is 23.4. The van der Waals surface area contributed by atoms with Crippen LogP contribution in [0.5, 0.6) is 0 Å². The van der Waals surface area contributed by atoms with Crippen molar-refractivity contribution in [1.82, 2.24) is 24.5 Å². The zero-order valence-electron chi connectivity index (χ0n) is 14.7. The molecule has 3 rings (SSSR count). The van der Waals surface area contributed by atoms with Crippen molar-refractivity contribution in [2.24, 2.45) is 0 Å². The van der Waals surface area contributed by atoms with Gasteiger partial charge in [-0.05, 0) is 51.5 Å². The first-order valence-corrected chi connectivity index (χ1v) is 8.49. The van der Waals surface area contributed by atoms with Crippen molar-refractivity contribution in [1.29, 1.82) is 0 Å². The number of carbonyl (C=O) groups excluding carboxylic acids is 1. The number of nitrogens with zero attached hydrogens (tertiary/aromatic N) is 5. The molecule has 2 aromatic heterocycles. The first-order valence-electron chi connectivity index (χ1n) is 8.11. The fraction of sp³-hybridized carbons (Fsp3) is 0.333. The Morgan fingerprint density at radius 1 is 1.24 bits per heavy atom. The van der Waals surface area contributed by atoms with E-state index in [-0.39, 0.29) is 17.8 Å². The maximum Gasteiger partial charge on any atom is 0.294 e. The number of aryl methyl sites for hydroxylation is 2. The SMILES string of the molecule is Cc1cc(C)n2nc(C(=O)N(Cc3cccc(Cl)c3)C(C)C)nc2n1. The Morgan fingerprint density at radius 3 is 2.68 bits per heavy atom. The summed E-state index contributed by atoms with van der Waals surface area (Å²) in [5, 5.41) is 4.99. The quantitative estimate of drug-likeness (QED) is 0.717. The van der Waals surface area contributed by atoms with Crippen LogP contribution in [-0.2, 0) is 6.54 Å². The van der Waals surface area contributed by atoms with Crippen LogP contribution < -0.4 is 0 Å². The molecular weight excluding hydrogens is 338 g/mol. The second-order valence-corrected chi connectivity index (χ2v) is 6.78. The topological polar surface area (TPSA) is 63.4 Å². The van der Waals surface area contributed by atoms with Gasteiger partial charge in [0, 0.05) is 29.0 Å². The normalized spacial score (nSPS) is 11.3. The van der Waals surface area contributed by atoms with Gasteiger partial charge in [-0.3, -0.25) is 4.79 Å². The van der Waals surface area contributed by atoms with Gasteiger partial charge in [-0.1, -0.05) is 23.7 Å². The van der Waals surface area contributed by atoms with E-state index in [1.54, 1.807) is 9.42 Å². The summed E-state index contributed by atoms with van der Waals surface area (Å²) in [6.07, 6.45) is 0. The van der Waals surface area contributed by atoms with Crippen LogP contribution in [0.15, 0.2) is 30.3 Å². The second-order valence-electron chi connectivity index (χ2n) is 6.34. The number of hydrogen-bond donors (Lipinski definition) is 0. The molecule has 0 aliphatic heterocycles. The largest absolute Gasteiger partial charge is 0.329 e. The number of fused-ring (bicyclic) bond motifs is 1. The molecule has 0 spiro atoms. The van der Waals surface area contributed by atoms with Crippen molar-refractivity contribution < 1.29 is 4.79 Å². The summed E-state index contributed by atoms with van der Waals surface area (Å²) >= 11 is 6.05. The monoisotopic (exact) mass is 357 g/mol. The van der Waals surface area contributed by atoms with Crippen LogP contribution in [0.25, 0.3) is 5.78 Å². The highest BCUT2D eigenvalue weighted by Gasteiger charge is 2.24. The number of hydrogen-bond acceptors (Lipinski definition) is 4. The van der Waals surface area contributed by atoms with Crippen molar-refractivity contribution in [3.63, 3.8) is 0 Å². The molecule has 0 saturated carbocycles. The van der Waals surface area contributed by atoms with Gasteiger partial charge in [-0.2, -0.15) is 4.98 Å². The average molecular weight is 358 g/mol. The summed E-state index contributed by atoms with van der Waals surface area (Å²) in [5.74, 6) is 0.363. The summed E-state index contributed by atoms with van der Waals surface area (Å²) in [7, 11) is 0. The highest BCUT2D eigenvalue weighted by atomic mass is 35.5. The van der Waals surface area contributed by atoms with Gasteiger partial charge >= 0.3 is 0 Å². The number of halogens is 1. The lowest BCUT2D eigenvalue weighted by Gasteiger charge is -2.25. The van der Waals surface area contributed by atoms with E-state index in [4.69, 9.17) is 11.6 Å². The Labute approximate surface area is 151 Å². The van der Waals surface area contributed by atoms with E-state index in [9.17, 15) is 4.79 Å². The number of aromatic nitrogens is 4. The van der Waals surface area contributed by atoms with Crippen molar-refractivity contribution in [3.8, 4) is 0 Å². The molecule has 25 heavy (non-hydrogen) atoms. The standard InChI is InChI=1S/C18H20ClN5O/c1-11(2)23(10-14-6-5-7-15(19)9-14)17(25)16-21-18-20-12(3)8-13(4)24(18)22-16/h5-9,11H,10H2,1-4H3. The zero-order chi connectivity index (χ0) is 18.1. The van der Waals surface area contributed by atoms with Crippen LogP contribution in [0.1, 0.15) is 41.4 Å². The Morgan fingerprint density at radius 2 is 2.00 bits per heavy atom. The highest BCUT2D eigenvalue weighted by molar-refractivity contribution is 6.30. The van der Waals surface area contributed by atoms with Crippen LogP contribution in [0.4, 0.5) is 0 Å². The van der Waals surface area contributed by atoms with Gasteiger partial charge in [0.15, 0.2) is 0 Å². The van der Waals surface area contributed by atoms with Crippen LogP contribution in [0.3, 0.4) is 0 Å². The van der Waals surface area contributed by atoms with Crippen molar-refractivity contribution in [3.05, 3.63) is 58.1 Å². The molecule has 0 aliphatic carbocycles. The molecule has 0 N–H and O–H groups in total. The van der Waals surface area contributed by atoms with Crippen LogP contribution in [0, 0.1) is 13.8 Å². The smallest absolute Gasteiger partial charge is 0.294 e. The number of benzene rings is 1. The second kappa shape index (κ2) is 6.80. The molecule has 130 valence electrons. The lowest BCUT2D eigenvalue weighted by molar-refractivity contribution is 0.0678. The van der Waals surface area contributed by atoms with Gasteiger partial charge in [-0.25, -0.2) is 9.50 Å². The summed E-state index contributed by atoms with van der Waals surface area (Å²) in [6.45, 7) is 8.18. The van der Waals surface area contributed by atoms with Gasteiger partial charge in [0.25, 0.3) is 11.7 Å². The first-order chi connectivity index (χ1) is 11.8. The molecule has 0 bridgehead atoms. The molecule has 3 aromatic rings. The van der Waals surface area contributed by atoms with Crippen molar-refractivity contribution in [2.75, 3.05) is 0 Å². The van der Waals surface area contributed by atoms with Gasteiger partial charge in [0.2, 0.25) is 5.82 Å². The maximum absolute atomic E-state index is 13.0. The minimum atomic E-state index is -0.225. The fourth-order valence-electron chi connectivity index (χ4n) is 2.71. The Kier molecular flexibility index (Phi) is 4.72. The summed E-state index contributed by atoms with van der Waals surface area (Å²) < 4.78 is 1.60. The van der Waals surface area contributed by atoms with Crippen molar-refractivity contribution in [2.45, 2.75) is 40.3 Å². The molecule has 0 fully saturated rings. The molecule has 0 atom stereocenters. The third-order valence-corrected chi connectivity index (χ3v) is 4.17. The lowest BCUT2D eigenvalue weighted by atomic mass is 10.2. The highest BCUT2D eigenvalue weighted by Crippen LogP contribution is 2.16. The van der Waals surface area contributed by atoms with E-state index < -0.39 is 0 Å². The molecular formula is C18H20ClN5O. The molecule has 0 unspecified atom stereocenters. The fourth-order valence-corrected chi connectivity index (χ4v) is 2.92. The van der Waals surface area contributed by atoms with E-state index in [0.717, 1.165) is 17.0 Å². The predicted molar refractivity (Wildman–Crippen MR) is 96.7 cm³/mol. The van der Waals surface area contributed by atoms with Crippen molar-refractivity contribution >= 4 is 23.3 Å². The average Bonchev–Trinajstić information content (AvgIpc) is 2.96. The van der Waals surface area contributed by atoms with E-state index >= 15 is 0 Å². The molecule has 0 saturated heterocycles. The Bertz CT molecular complexity index is 934. The van der Waals surface area contributed by atoms with Gasteiger partial charge < -0.3 is 4.90 Å². The molecule has 0 radical (unpaired) electrons. The summed E-state index contributed by atoms with van der Waals surface area (Å²) in [5.41, 5.74) is 2.69. The maximum atomic E-state index is 13.0. The van der Waals surface area contributed by atoms with Crippen LogP contribution >= 0.6 is 11.6 Å². The molecule has 2 heterocycles. The third-order valence-electron chi connectivity index (χ3n) is 3.94. The lowest BCUT2D eigenvalue weighted by Crippen LogP contribution is -2.37. The third kappa shape index (κ3) is 3.64. The number of rotatable bonds is 4. The molecule has 1 amide bonds. The molecule has 7 heteroatoms. The number of carbonyl (C=O) groups is 1. The van der Waals surface area contributed by atoms with E-state index in [0.29, 0.717) is 17.3 Å². The van der Waals surface area contributed by atoms with E-state index in [1.165, 1.54) is 0 Å². The van der Waals surface area contributed by atoms with Gasteiger partial charge in [0.05, 0.1) is 0 Å².